The summed E-state index contributed by atoms with van der Waals surface area (Å²) < 4.78 is 38.7. The molecule has 15 heavy (non-hydrogen) atoms. The number of nitriles is 1. The highest BCUT2D eigenvalue weighted by molar-refractivity contribution is 5.85. The smallest absolute Gasteiger partial charge is 0.166 e. The van der Waals surface area contributed by atoms with E-state index in [0.717, 1.165) is 6.07 Å². The Morgan fingerprint density at radius 2 is 1.80 bits per heavy atom. The summed E-state index contributed by atoms with van der Waals surface area (Å²) in [6, 6.07) is 1.97. The van der Waals surface area contributed by atoms with Gasteiger partial charge in [-0.15, -0.1) is 12.4 Å². The molecular formula is C9H8ClF3N2. The third-order valence-corrected chi connectivity index (χ3v) is 1.76. The van der Waals surface area contributed by atoms with Gasteiger partial charge in [0.1, 0.15) is 5.82 Å². The van der Waals surface area contributed by atoms with E-state index in [1.807, 2.05) is 0 Å². The average molecular weight is 237 g/mol. The Kier molecular flexibility index (Phi) is 5.12. The standard InChI is InChI=1S/C9H7F3N2.ClH/c10-5-1-2-6(11)9(12)8(5)7(14)3-4-13;/h1-2,7H,3,14H2;1H/t7-;/m1./s1. The normalized spacial score (nSPS) is 11.4. The van der Waals surface area contributed by atoms with Crippen LogP contribution in [0, 0.1) is 28.8 Å². The fraction of sp³-hybridized carbons (Fsp3) is 0.222. The van der Waals surface area contributed by atoms with E-state index in [-0.39, 0.29) is 18.8 Å². The molecule has 2 N–H and O–H groups in total. The topological polar surface area (TPSA) is 49.8 Å². The van der Waals surface area contributed by atoms with Crippen LogP contribution in [0.3, 0.4) is 0 Å². The quantitative estimate of drug-likeness (QED) is 0.802. The van der Waals surface area contributed by atoms with Gasteiger partial charge in [-0.05, 0) is 12.1 Å². The minimum Gasteiger partial charge on any atom is -0.323 e. The van der Waals surface area contributed by atoms with Gasteiger partial charge in [0.05, 0.1) is 12.5 Å². The molecule has 2 nitrogen and oxygen atoms in total. The SMILES string of the molecule is Cl.N#CC[C@@H](N)c1c(F)ccc(F)c1F. The zero-order valence-electron chi connectivity index (χ0n) is 7.51. The summed E-state index contributed by atoms with van der Waals surface area (Å²) in [7, 11) is 0. The molecule has 0 aliphatic carbocycles. The van der Waals surface area contributed by atoms with Gasteiger partial charge in [-0.25, -0.2) is 13.2 Å². The lowest BCUT2D eigenvalue weighted by atomic mass is 10.0. The fourth-order valence-electron chi connectivity index (χ4n) is 1.08. The number of nitrogens with zero attached hydrogens (tertiary/aromatic N) is 1. The van der Waals surface area contributed by atoms with Crippen LogP contribution in [0.1, 0.15) is 18.0 Å². The van der Waals surface area contributed by atoms with Crippen molar-refractivity contribution >= 4 is 12.4 Å². The van der Waals surface area contributed by atoms with Gasteiger partial charge in [0, 0.05) is 11.6 Å². The number of hydrogen-bond donors (Lipinski definition) is 1. The molecule has 1 rings (SSSR count). The molecule has 0 heterocycles. The highest BCUT2D eigenvalue weighted by Gasteiger charge is 2.19. The number of benzene rings is 1. The Hall–Kier alpha value is -1.25. The first-order valence-corrected chi connectivity index (χ1v) is 3.84. The van der Waals surface area contributed by atoms with Crippen molar-refractivity contribution < 1.29 is 13.2 Å². The highest BCUT2D eigenvalue weighted by atomic mass is 35.5. The number of nitrogens with two attached hydrogens (primary N) is 1. The molecular weight excluding hydrogens is 229 g/mol. The number of halogens is 4. The van der Waals surface area contributed by atoms with Crippen LogP contribution in [0.15, 0.2) is 12.1 Å². The molecule has 0 aliphatic heterocycles. The van der Waals surface area contributed by atoms with E-state index in [1.54, 1.807) is 6.07 Å². The lowest BCUT2D eigenvalue weighted by Gasteiger charge is -2.10. The van der Waals surface area contributed by atoms with Gasteiger partial charge in [-0.3, -0.25) is 0 Å². The molecule has 0 unspecified atom stereocenters. The third kappa shape index (κ3) is 2.85. The average Bonchev–Trinajstić information content (AvgIpc) is 2.13. The van der Waals surface area contributed by atoms with Crippen LogP contribution >= 0.6 is 12.4 Å². The van der Waals surface area contributed by atoms with Gasteiger partial charge in [0.2, 0.25) is 0 Å². The van der Waals surface area contributed by atoms with Crippen molar-refractivity contribution in [3.63, 3.8) is 0 Å². The van der Waals surface area contributed by atoms with Crippen LogP contribution in [0.5, 0.6) is 0 Å². The molecule has 0 spiro atoms. The minimum absolute atomic E-state index is 0. The second-order valence-corrected chi connectivity index (χ2v) is 2.73. The maximum atomic E-state index is 13.0. The molecule has 0 bridgehead atoms. The van der Waals surface area contributed by atoms with E-state index >= 15 is 0 Å². The Bertz CT molecular complexity index is 390. The summed E-state index contributed by atoms with van der Waals surface area (Å²) in [6.07, 6.45) is -0.267. The molecule has 0 saturated heterocycles. The Labute approximate surface area is 90.9 Å². The van der Waals surface area contributed by atoms with Crippen LogP contribution in [0.2, 0.25) is 0 Å². The molecule has 6 heteroatoms. The first-order chi connectivity index (χ1) is 6.57. The monoisotopic (exact) mass is 236 g/mol. The Balaban J connectivity index is 0.00000196. The van der Waals surface area contributed by atoms with Crippen molar-refractivity contribution in [3.05, 3.63) is 35.1 Å². The van der Waals surface area contributed by atoms with Crippen LogP contribution < -0.4 is 5.73 Å². The van der Waals surface area contributed by atoms with Gasteiger partial charge in [-0.2, -0.15) is 5.26 Å². The zero-order valence-corrected chi connectivity index (χ0v) is 8.32. The molecule has 0 aliphatic rings. The summed E-state index contributed by atoms with van der Waals surface area (Å²) >= 11 is 0. The minimum atomic E-state index is -1.33. The number of hydrogen-bond acceptors (Lipinski definition) is 2. The summed E-state index contributed by atoms with van der Waals surface area (Å²) in [6.45, 7) is 0. The van der Waals surface area contributed by atoms with Crippen molar-refractivity contribution in [2.24, 2.45) is 5.73 Å². The van der Waals surface area contributed by atoms with Gasteiger partial charge >= 0.3 is 0 Å². The predicted molar refractivity (Wildman–Crippen MR) is 50.7 cm³/mol. The largest absolute Gasteiger partial charge is 0.323 e. The second kappa shape index (κ2) is 5.59. The number of rotatable bonds is 2. The van der Waals surface area contributed by atoms with Crippen molar-refractivity contribution in [2.45, 2.75) is 12.5 Å². The zero-order chi connectivity index (χ0) is 10.7. The Morgan fingerprint density at radius 1 is 1.27 bits per heavy atom. The van der Waals surface area contributed by atoms with Crippen molar-refractivity contribution in [1.82, 2.24) is 0 Å². The molecule has 1 aromatic rings. The van der Waals surface area contributed by atoms with Crippen LogP contribution in [0.25, 0.3) is 0 Å². The van der Waals surface area contributed by atoms with E-state index < -0.39 is 29.1 Å². The van der Waals surface area contributed by atoms with E-state index in [0.29, 0.717) is 6.07 Å². The van der Waals surface area contributed by atoms with Crippen LogP contribution in [-0.2, 0) is 0 Å². The first kappa shape index (κ1) is 13.8. The Morgan fingerprint density at radius 3 is 2.33 bits per heavy atom. The van der Waals surface area contributed by atoms with Gasteiger partial charge < -0.3 is 5.73 Å². The van der Waals surface area contributed by atoms with E-state index in [2.05, 4.69) is 0 Å². The molecule has 0 aromatic heterocycles. The summed E-state index contributed by atoms with van der Waals surface area (Å²) in [5.74, 6) is -3.44. The van der Waals surface area contributed by atoms with E-state index in [1.165, 1.54) is 0 Å². The van der Waals surface area contributed by atoms with Gasteiger partial charge in [0.25, 0.3) is 0 Å². The van der Waals surface area contributed by atoms with Gasteiger partial charge in [0.15, 0.2) is 11.6 Å². The summed E-state index contributed by atoms with van der Waals surface area (Å²) in [5, 5.41) is 8.28. The maximum Gasteiger partial charge on any atom is 0.166 e. The molecule has 1 atom stereocenters. The van der Waals surface area contributed by atoms with Crippen LogP contribution in [-0.4, -0.2) is 0 Å². The summed E-state index contributed by atoms with van der Waals surface area (Å²) in [5.41, 5.74) is 4.73. The molecule has 0 fully saturated rings. The fourth-order valence-corrected chi connectivity index (χ4v) is 1.08. The highest BCUT2D eigenvalue weighted by Crippen LogP contribution is 2.22. The summed E-state index contributed by atoms with van der Waals surface area (Å²) in [4.78, 5) is 0. The molecule has 0 amide bonds. The van der Waals surface area contributed by atoms with Crippen molar-refractivity contribution in [2.75, 3.05) is 0 Å². The van der Waals surface area contributed by atoms with Crippen molar-refractivity contribution in [3.8, 4) is 6.07 Å². The molecule has 0 radical (unpaired) electrons. The second-order valence-electron chi connectivity index (χ2n) is 2.73. The maximum absolute atomic E-state index is 13.0. The molecule has 1 aromatic carbocycles. The first-order valence-electron chi connectivity index (χ1n) is 3.84. The lowest BCUT2D eigenvalue weighted by molar-refractivity contribution is 0.466. The van der Waals surface area contributed by atoms with E-state index in [4.69, 9.17) is 11.0 Å². The molecule has 82 valence electrons. The third-order valence-electron chi connectivity index (χ3n) is 1.76. The lowest BCUT2D eigenvalue weighted by Crippen LogP contribution is -2.14. The van der Waals surface area contributed by atoms with E-state index in [9.17, 15) is 13.2 Å². The van der Waals surface area contributed by atoms with Crippen molar-refractivity contribution in [1.29, 1.82) is 5.26 Å². The molecule has 0 saturated carbocycles. The van der Waals surface area contributed by atoms with Crippen LogP contribution in [0.4, 0.5) is 13.2 Å². The van der Waals surface area contributed by atoms with Gasteiger partial charge in [-0.1, -0.05) is 0 Å². The predicted octanol–water partition coefficient (Wildman–Crippen LogP) is 2.44.